The van der Waals surface area contributed by atoms with Gasteiger partial charge in [0.25, 0.3) is 0 Å². The molecule has 3 rings (SSSR count). The van der Waals surface area contributed by atoms with Gasteiger partial charge in [0.2, 0.25) is 0 Å². The van der Waals surface area contributed by atoms with Gasteiger partial charge >= 0.3 is 0 Å². The minimum Gasteiger partial charge on any atom is -0.496 e. The summed E-state index contributed by atoms with van der Waals surface area (Å²) in [6.45, 7) is 6.99. The summed E-state index contributed by atoms with van der Waals surface area (Å²) < 4.78 is 7.52. The van der Waals surface area contributed by atoms with Gasteiger partial charge in [-0.25, -0.2) is 4.98 Å². The van der Waals surface area contributed by atoms with Gasteiger partial charge in [-0.05, 0) is 44.5 Å². The zero-order chi connectivity index (χ0) is 15.0. The maximum absolute atomic E-state index is 5.29. The van der Waals surface area contributed by atoms with Gasteiger partial charge in [0.1, 0.15) is 5.75 Å². The molecule has 110 valence electrons. The highest BCUT2D eigenvalue weighted by Crippen LogP contribution is 2.24. The summed E-state index contributed by atoms with van der Waals surface area (Å²) >= 11 is 1.69. The van der Waals surface area contributed by atoms with Gasteiger partial charge in [-0.2, -0.15) is 0 Å². The van der Waals surface area contributed by atoms with Crippen molar-refractivity contribution in [1.82, 2.24) is 9.38 Å². The molecule has 1 aromatic carbocycles. The lowest BCUT2D eigenvalue weighted by atomic mass is 10.2. The number of anilines is 1. The molecule has 2 aromatic heterocycles. The van der Waals surface area contributed by atoms with E-state index in [9.17, 15) is 0 Å². The van der Waals surface area contributed by atoms with Crippen LogP contribution in [0, 0.1) is 20.8 Å². The molecular weight excluding hydrogens is 282 g/mol. The molecule has 0 aliphatic heterocycles. The van der Waals surface area contributed by atoms with E-state index in [2.05, 4.69) is 46.9 Å². The Balaban J connectivity index is 1.85. The minimum atomic E-state index is 0.760. The molecule has 0 unspecified atom stereocenters. The maximum atomic E-state index is 5.29. The van der Waals surface area contributed by atoms with Crippen LogP contribution in [0.5, 0.6) is 5.75 Å². The average molecular weight is 301 g/mol. The second kappa shape index (κ2) is 5.41. The molecule has 0 atom stereocenters. The quantitative estimate of drug-likeness (QED) is 0.793. The third-order valence-electron chi connectivity index (χ3n) is 3.68. The molecule has 21 heavy (non-hydrogen) atoms. The Labute approximate surface area is 128 Å². The second-order valence-electron chi connectivity index (χ2n) is 5.18. The number of hydrogen-bond acceptors (Lipinski definition) is 4. The smallest absolute Gasteiger partial charge is 0.194 e. The van der Waals surface area contributed by atoms with E-state index < -0.39 is 0 Å². The fourth-order valence-corrected chi connectivity index (χ4v) is 3.48. The highest BCUT2D eigenvalue weighted by Gasteiger charge is 2.12. The van der Waals surface area contributed by atoms with Crippen molar-refractivity contribution in [3.05, 3.63) is 46.2 Å². The van der Waals surface area contributed by atoms with Gasteiger partial charge in [-0.15, -0.1) is 11.3 Å². The van der Waals surface area contributed by atoms with Crippen LogP contribution in [0.1, 0.15) is 22.6 Å². The molecule has 0 amide bonds. The number of benzene rings is 1. The number of hydrogen-bond donors (Lipinski definition) is 1. The summed E-state index contributed by atoms with van der Waals surface area (Å²) in [5, 5.41) is 5.62. The van der Waals surface area contributed by atoms with Crippen LogP contribution < -0.4 is 10.1 Å². The Morgan fingerprint density at radius 3 is 2.81 bits per heavy atom. The van der Waals surface area contributed by atoms with E-state index in [1.807, 2.05) is 12.1 Å². The van der Waals surface area contributed by atoms with Crippen LogP contribution in [-0.4, -0.2) is 16.5 Å². The van der Waals surface area contributed by atoms with Crippen LogP contribution in [0.2, 0.25) is 0 Å². The number of nitrogens with one attached hydrogen (secondary N) is 1. The summed E-state index contributed by atoms with van der Waals surface area (Å²) in [4.78, 5) is 5.68. The lowest BCUT2D eigenvalue weighted by Crippen LogP contribution is -2.05. The molecule has 0 spiro atoms. The van der Waals surface area contributed by atoms with E-state index in [1.165, 1.54) is 11.4 Å². The molecule has 0 bridgehead atoms. The monoisotopic (exact) mass is 301 g/mol. The van der Waals surface area contributed by atoms with E-state index in [-0.39, 0.29) is 0 Å². The first-order valence-corrected chi connectivity index (χ1v) is 7.78. The Hall–Kier alpha value is -2.01. The number of nitrogens with zero attached hydrogens (tertiary/aromatic N) is 2. The van der Waals surface area contributed by atoms with Gasteiger partial charge in [0, 0.05) is 16.8 Å². The summed E-state index contributed by atoms with van der Waals surface area (Å²) in [5.41, 5.74) is 5.76. The van der Waals surface area contributed by atoms with E-state index in [1.54, 1.807) is 18.4 Å². The summed E-state index contributed by atoms with van der Waals surface area (Å²) in [6, 6.07) is 6.14. The van der Waals surface area contributed by atoms with Crippen molar-refractivity contribution in [1.29, 1.82) is 0 Å². The van der Waals surface area contributed by atoms with Crippen LogP contribution in [-0.2, 0) is 6.54 Å². The molecular formula is C16H19N3OS. The van der Waals surface area contributed by atoms with Crippen molar-refractivity contribution in [3.63, 3.8) is 0 Å². The van der Waals surface area contributed by atoms with Crippen LogP contribution in [0.3, 0.4) is 0 Å². The fourth-order valence-electron chi connectivity index (χ4n) is 2.55. The molecule has 4 nitrogen and oxygen atoms in total. The Kier molecular flexibility index (Phi) is 3.59. The third kappa shape index (κ3) is 2.49. The number of fused-ring (bicyclic) bond motifs is 1. The minimum absolute atomic E-state index is 0.760. The maximum Gasteiger partial charge on any atom is 0.194 e. The molecule has 0 radical (unpaired) electrons. The number of methoxy groups -OCH3 is 1. The van der Waals surface area contributed by atoms with Crippen molar-refractivity contribution in [2.45, 2.75) is 27.3 Å². The normalized spacial score (nSPS) is 11.0. The number of aromatic nitrogens is 2. The standard InChI is InChI=1S/C16H19N3OS/c1-10-7-13(5-6-15(10)20-4)17-8-14-12(3)18-16-19(14)11(2)9-21-16/h5-7,9,17H,8H2,1-4H3. The largest absolute Gasteiger partial charge is 0.496 e. The molecule has 1 N–H and O–H groups in total. The van der Waals surface area contributed by atoms with E-state index in [0.717, 1.165) is 34.2 Å². The van der Waals surface area contributed by atoms with Crippen molar-refractivity contribution in [3.8, 4) is 5.75 Å². The molecule has 0 aliphatic carbocycles. The predicted molar refractivity (Wildman–Crippen MR) is 87.6 cm³/mol. The zero-order valence-electron chi connectivity index (χ0n) is 12.7. The lowest BCUT2D eigenvalue weighted by molar-refractivity contribution is 0.412. The summed E-state index contributed by atoms with van der Waals surface area (Å²) in [5.74, 6) is 0.914. The van der Waals surface area contributed by atoms with Crippen LogP contribution in [0.15, 0.2) is 23.6 Å². The highest BCUT2D eigenvalue weighted by molar-refractivity contribution is 7.15. The average Bonchev–Trinajstić information content (AvgIpc) is 2.96. The third-order valence-corrected chi connectivity index (χ3v) is 4.63. The van der Waals surface area contributed by atoms with Crippen molar-refractivity contribution in [2.75, 3.05) is 12.4 Å². The number of thiazole rings is 1. The van der Waals surface area contributed by atoms with Crippen LogP contribution >= 0.6 is 11.3 Å². The summed E-state index contributed by atoms with van der Waals surface area (Å²) in [7, 11) is 1.70. The van der Waals surface area contributed by atoms with Crippen LogP contribution in [0.25, 0.3) is 4.96 Å². The van der Waals surface area contributed by atoms with Gasteiger partial charge in [-0.3, -0.25) is 4.40 Å². The number of rotatable bonds is 4. The first kappa shape index (κ1) is 13.9. The molecule has 0 saturated carbocycles. The second-order valence-corrected chi connectivity index (χ2v) is 6.01. The predicted octanol–water partition coefficient (Wildman–Crippen LogP) is 3.94. The Morgan fingerprint density at radius 2 is 2.10 bits per heavy atom. The van der Waals surface area contributed by atoms with Gasteiger partial charge < -0.3 is 10.1 Å². The summed E-state index contributed by atoms with van der Waals surface area (Å²) in [6.07, 6.45) is 0. The van der Waals surface area contributed by atoms with E-state index in [4.69, 9.17) is 4.74 Å². The molecule has 5 heteroatoms. The molecule has 2 heterocycles. The fraction of sp³-hybridized carbons (Fsp3) is 0.312. The van der Waals surface area contributed by atoms with E-state index in [0.29, 0.717) is 0 Å². The number of ether oxygens (including phenoxy) is 1. The van der Waals surface area contributed by atoms with Crippen LogP contribution in [0.4, 0.5) is 5.69 Å². The molecule has 0 aliphatic rings. The first-order chi connectivity index (χ1) is 10.1. The lowest BCUT2D eigenvalue weighted by Gasteiger charge is -2.10. The Morgan fingerprint density at radius 1 is 1.29 bits per heavy atom. The van der Waals surface area contributed by atoms with E-state index >= 15 is 0 Å². The van der Waals surface area contributed by atoms with Crippen molar-refractivity contribution in [2.24, 2.45) is 0 Å². The topological polar surface area (TPSA) is 38.6 Å². The molecule has 0 saturated heterocycles. The SMILES string of the molecule is COc1ccc(NCc2c(C)nc3scc(C)n23)cc1C. The zero-order valence-corrected chi connectivity index (χ0v) is 13.5. The van der Waals surface area contributed by atoms with Gasteiger partial charge in [-0.1, -0.05) is 0 Å². The van der Waals surface area contributed by atoms with Crippen molar-refractivity contribution < 1.29 is 4.74 Å². The van der Waals surface area contributed by atoms with Gasteiger partial charge in [0.05, 0.1) is 25.0 Å². The highest BCUT2D eigenvalue weighted by atomic mass is 32.1. The van der Waals surface area contributed by atoms with Crippen molar-refractivity contribution >= 4 is 22.0 Å². The first-order valence-electron chi connectivity index (χ1n) is 6.90. The number of aryl methyl sites for hydroxylation is 3. The van der Waals surface area contributed by atoms with Gasteiger partial charge in [0.15, 0.2) is 4.96 Å². The molecule has 3 aromatic rings. The number of imidazole rings is 1. The molecule has 0 fully saturated rings. The Bertz CT molecular complexity index is 788.